The number of fused-ring (bicyclic) bond motifs is 1. The first-order chi connectivity index (χ1) is 13.3. The van der Waals surface area contributed by atoms with Gasteiger partial charge in [-0.25, -0.2) is 0 Å². The van der Waals surface area contributed by atoms with E-state index in [4.69, 9.17) is 0 Å². The smallest absolute Gasteiger partial charge is 0.224 e. The van der Waals surface area contributed by atoms with Crippen molar-refractivity contribution in [3.63, 3.8) is 0 Å². The van der Waals surface area contributed by atoms with Crippen molar-refractivity contribution in [2.45, 2.75) is 19.3 Å². The fourth-order valence-corrected chi connectivity index (χ4v) is 3.85. The molecule has 0 aliphatic carbocycles. The molecule has 140 valence electrons. The second-order valence-corrected chi connectivity index (χ2v) is 7.32. The summed E-state index contributed by atoms with van der Waals surface area (Å²) in [5, 5.41) is 2.94. The number of hydrogen-bond donors (Lipinski definition) is 1. The average molecular weight is 361 g/mol. The number of hydrogen-bond acceptors (Lipinski definition) is 3. The number of aryl methyl sites for hydroxylation is 1. The second kappa shape index (κ2) is 8.40. The van der Waals surface area contributed by atoms with Crippen LogP contribution >= 0.6 is 0 Å². The summed E-state index contributed by atoms with van der Waals surface area (Å²) < 4.78 is 0. The molecule has 1 amide bonds. The minimum Gasteiger partial charge on any atom is -0.369 e. The van der Waals surface area contributed by atoms with Crippen LogP contribution in [0.15, 0.2) is 54.6 Å². The van der Waals surface area contributed by atoms with Crippen LogP contribution in [0.5, 0.6) is 0 Å². The topological polar surface area (TPSA) is 35.6 Å². The molecule has 2 aromatic rings. The summed E-state index contributed by atoms with van der Waals surface area (Å²) in [5.74, 6) is 0.123. The fraction of sp³-hybridized carbons (Fsp3) is 0.348. The molecule has 0 bridgehead atoms. The molecule has 2 aliphatic rings. The third-order valence-electron chi connectivity index (χ3n) is 5.44. The van der Waals surface area contributed by atoms with Crippen LogP contribution in [0.1, 0.15) is 24.0 Å². The van der Waals surface area contributed by atoms with Crippen LogP contribution in [0.2, 0.25) is 0 Å². The van der Waals surface area contributed by atoms with Crippen LogP contribution < -0.4 is 10.2 Å². The van der Waals surface area contributed by atoms with Crippen molar-refractivity contribution in [3.8, 4) is 0 Å². The van der Waals surface area contributed by atoms with E-state index in [1.807, 2.05) is 6.07 Å². The van der Waals surface area contributed by atoms with Crippen molar-refractivity contribution < 1.29 is 4.79 Å². The number of benzene rings is 2. The van der Waals surface area contributed by atoms with E-state index < -0.39 is 0 Å². The highest BCUT2D eigenvalue weighted by Crippen LogP contribution is 2.24. The van der Waals surface area contributed by atoms with Crippen molar-refractivity contribution in [2.75, 3.05) is 42.9 Å². The number of rotatable bonds is 5. The first-order valence-corrected chi connectivity index (χ1v) is 9.89. The molecule has 1 N–H and O–H groups in total. The Morgan fingerprint density at radius 3 is 2.59 bits per heavy atom. The molecule has 4 heteroatoms. The zero-order valence-corrected chi connectivity index (χ0v) is 15.7. The predicted octanol–water partition coefficient (Wildman–Crippen LogP) is 3.80. The molecule has 27 heavy (non-hydrogen) atoms. The van der Waals surface area contributed by atoms with Crippen LogP contribution in [0.3, 0.4) is 0 Å². The van der Waals surface area contributed by atoms with Crippen LogP contribution in [-0.2, 0) is 11.2 Å². The zero-order valence-electron chi connectivity index (χ0n) is 15.7. The summed E-state index contributed by atoms with van der Waals surface area (Å²) >= 11 is 0. The normalized spacial score (nSPS) is 17.8. The van der Waals surface area contributed by atoms with E-state index in [1.54, 1.807) is 0 Å². The molecule has 2 aromatic carbocycles. The quantitative estimate of drug-likeness (QED) is 0.880. The molecule has 2 heterocycles. The summed E-state index contributed by atoms with van der Waals surface area (Å²) in [4.78, 5) is 16.5. The lowest BCUT2D eigenvalue weighted by Crippen LogP contribution is -2.46. The largest absolute Gasteiger partial charge is 0.369 e. The summed E-state index contributed by atoms with van der Waals surface area (Å²) in [7, 11) is 0. The van der Waals surface area contributed by atoms with E-state index in [2.05, 4.69) is 69.7 Å². The van der Waals surface area contributed by atoms with E-state index in [-0.39, 0.29) is 5.91 Å². The van der Waals surface area contributed by atoms with E-state index in [1.165, 1.54) is 16.8 Å². The molecule has 2 aliphatic heterocycles. The van der Waals surface area contributed by atoms with Crippen molar-refractivity contribution >= 4 is 23.4 Å². The number of carbonyl (C=O) groups is 1. The highest BCUT2D eigenvalue weighted by molar-refractivity contribution is 5.94. The van der Waals surface area contributed by atoms with E-state index in [9.17, 15) is 4.79 Å². The van der Waals surface area contributed by atoms with E-state index >= 15 is 0 Å². The van der Waals surface area contributed by atoms with Crippen LogP contribution in [0, 0.1) is 0 Å². The molecule has 0 aromatic heterocycles. The lowest BCUT2D eigenvalue weighted by Gasteiger charge is -2.36. The predicted molar refractivity (Wildman–Crippen MR) is 112 cm³/mol. The molecule has 0 spiro atoms. The number of para-hydroxylation sites is 1. The van der Waals surface area contributed by atoms with Gasteiger partial charge < -0.3 is 10.2 Å². The minimum atomic E-state index is 0.123. The van der Waals surface area contributed by atoms with Crippen molar-refractivity contribution in [1.82, 2.24) is 4.90 Å². The van der Waals surface area contributed by atoms with Gasteiger partial charge in [0.15, 0.2) is 0 Å². The molecule has 1 saturated heterocycles. The van der Waals surface area contributed by atoms with Gasteiger partial charge in [-0.3, -0.25) is 9.69 Å². The third kappa shape index (κ3) is 4.58. The van der Waals surface area contributed by atoms with Crippen molar-refractivity contribution in [3.05, 3.63) is 65.7 Å². The second-order valence-electron chi connectivity index (χ2n) is 7.32. The maximum Gasteiger partial charge on any atom is 0.224 e. The highest BCUT2D eigenvalue weighted by Gasteiger charge is 2.16. The maximum absolute atomic E-state index is 11.4. The minimum absolute atomic E-state index is 0.123. The number of anilines is 2. The maximum atomic E-state index is 11.4. The third-order valence-corrected chi connectivity index (χ3v) is 5.44. The average Bonchev–Trinajstić information content (AvgIpc) is 2.72. The summed E-state index contributed by atoms with van der Waals surface area (Å²) in [6.45, 7) is 5.57. The molecule has 4 rings (SSSR count). The van der Waals surface area contributed by atoms with E-state index in [0.717, 1.165) is 51.3 Å². The summed E-state index contributed by atoms with van der Waals surface area (Å²) in [6.07, 6.45) is 6.98. The van der Waals surface area contributed by atoms with Gasteiger partial charge in [-0.2, -0.15) is 0 Å². The van der Waals surface area contributed by atoms with Crippen molar-refractivity contribution in [2.24, 2.45) is 0 Å². The Balaban J connectivity index is 1.23. The summed E-state index contributed by atoms with van der Waals surface area (Å²) in [6, 6.07) is 17.0. The molecular weight excluding hydrogens is 334 g/mol. The number of nitrogens with zero attached hydrogens (tertiary/aromatic N) is 2. The van der Waals surface area contributed by atoms with Crippen LogP contribution in [-0.4, -0.2) is 43.5 Å². The Morgan fingerprint density at radius 2 is 1.78 bits per heavy atom. The standard InChI is InChI=1S/C23H27N3O/c27-23-12-10-20-18-19(9-11-22(20)24-23)6-4-5-13-25-14-16-26(17-15-25)21-7-2-1-3-8-21/h1-4,6-9,11,18H,5,10,12-17H2,(H,24,27)/b6-4+. The van der Waals surface area contributed by atoms with Crippen molar-refractivity contribution in [1.29, 1.82) is 0 Å². The molecule has 0 atom stereocenters. The first kappa shape index (κ1) is 17.8. The van der Waals surface area contributed by atoms with Gasteiger partial charge in [0.25, 0.3) is 0 Å². The zero-order chi connectivity index (χ0) is 18.5. The Labute approximate surface area is 161 Å². The van der Waals surface area contributed by atoms with Gasteiger partial charge in [0.1, 0.15) is 0 Å². The highest BCUT2D eigenvalue weighted by atomic mass is 16.1. The lowest BCUT2D eigenvalue weighted by molar-refractivity contribution is -0.116. The van der Waals surface area contributed by atoms with E-state index in [0.29, 0.717) is 6.42 Å². The van der Waals surface area contributed by atoms with Gasteiger partial charge in [-0.05, 0) is 48.2 Å². The molecule has 0 radical (unpaired) electrons. The summed E-state index contributed by atoms with van der Waals surface area (Å²) in [5.41, 5.74) is 4.77. The molecule has 1 fully saturated rings. The van der Waals surface area contributed by atoms with Gasteiger partial charge in [0.2, 0.25) is 5.91 Å². The van der Waals surface area contributed by atoms with Gasteiger partial charge >= 0.3 is 0 Å². The van der Waals surface area contributed by atoms with Gasteiger partial charge in [0, 0.05) is 50.5 Å². The van der Waals surface area contributed by atoms with Gasteiger partial charge in [0.05, 0.1) is 0 Å². The first-order valence-electron chi connectivity index (χ1n) is 9.89. The number of nitrogens with one attached hydrogen (secondary N) is 1. The Kier molecular flexibility index (Phi) is 5.54. The van der Waals surface area contributed by atoms with Crippen LogP contribution in [0.25, 0.3) is 6.08 Å². The SMILES string of the molecule is O=C1CCc2cc(/C=C/CCN3CCN(c4ccccc4)CC3)ccc2N1. The van der Waals surface area contributed by atoms with Gasteiger partial charge in [-0.15, -0.1) is 0 Å². The fourth-order valence-electron chi connectivity index (χ4n) is 3.85. The molecule has 0 unspecified atom stereocenters. The monoisotopic (exact) mass is 361 g/mol. The lowest BCUT2D eigenvalue weighted by atomic mass is 10.00. The number of carbonyl (C=O) groups excluding carboxylic acids is 1. The molecule has 0 saturated carbocycles. The number of piperazine rings is 1. The Bertz CT molecular complexity index is 808. The van der Waals surface area contributed by atoms with Gasteiger partial charge in [-0.1, -0.05) is 36.4 Å². The molecule has 4 nitrogen and oxygen atoms in total. The Morgan fingerprint density at radius 1 is 0.963 bits per heavy atom. The Hall–Kier alpha value is -2.59. The molecular formula is C23H27N3O. The van der Waals surface area contributed by atoms with Crippen LogP contribution in [0.4, 0.5) is 11.4 Å². The number of amides is 1.